The minimum Gasteiger partial charge on any atom is -0.726 e. The van der Waals surface area contributed by atoms with Gasteiger partial charge >= 0.3 is 63.3 Å². The van der Waals surface area contributed by atoms with Gasteiger partial charge in [-0.05, 0) is 36.4 Å². The van der Waals surface area contributed by atoms with Crippen LogP contribution < -0.4 is 51.4 Å². The second kappa shape index (κ2) is 15.3. The minimum absolute atomic E-state index is 0. The molecule has 0 bridgehead atoms. The molecule has 176 valence electrons. The van der Waals surface area contributed by atoms with E-state index in [9.17, 15) is 14.7 Å². The molecule has 1 aromatic heterocycles. The van der Waals surface area contributed by atoms with E-state index in [1.54, 1.807) is 79.0 Å². The average Bonchev–Trinajstić information content (AvgIpc) is 2.83. The van der Waals surface area contributed by atoms with Crippen molar-refractivity contribution in [3.63, 3.8) is 0 Å². The van der Waals surface area contributed by atoms with Crippen LogP contribution in [0.1, 0.15) is 20.7 Å². The molecule has 0 spiro atoms. The van der Waals surface area contributed by atoms with E-state index >= 15 is 0 Å². The Hall–Kier alpha value is -2.68. The molecule has 0 radical (unpaired) electrons. The normalized spacial score (nSPS) is 9.77. The van der Waals surface area contributed by atoms with Gasteiger partial charge in [-0.3, -0.25) is 9.54 Å². The number of fused-ring (bicyclic) bond motifs is 1. The molecule has 35 heavy (non-hydrogen) atoms. The van der Waals surface area contributed by atoms with Gasteiger partial charge in [0.1, 0.15) is 11.3 Å². The summed E-state index contributed by atoms with van der Waals surface area (Å²) in [6.45, 7) is 0. The number of carbonyl (C=O) groups excluding carboxylic acids is 2. The predicted molar refractivity (Wildman–Crippen MR) is 119 cm³/mol. The minimum atomic E-state index is -4.92. The van der Waals surface area contributed by atoms with Gasteiger partial charge in [0.2, 0.25) is 10.4 Å². The molecule has 10 nitrogen and oxygen atoms in total. The molecular formula is C23H18KNO9S. The maximum absolute atomic E-state index is 11.5. The van der Waals surface area contributed by atoms with Crippen molar-refractivity contribution in [3.8, 4) is 5.75 Å². The van der Waals surface area contributed by atoms with Crippen molar-refractivity contribution in [2.45, 2.75) is 0 Å². The van der Waals surface area contributed by atoms with Crippen molar-refractivity contribution in [1.82, 2.24) is 4.98 Å². The first kappa shape index (κ1) is 30.3. The first-order chi connectivity index (χ1) is 16.1. The molecule has 0 aliphatic heterocycles. The van der Waals surface area contributed by atoms with Crippen LogP contribution in [0.25, 0.3) is 10.9 Å². The Balaban J connectivity index is 0.000000306. The first-order valence-corrected chi connectivity index (χ1v) is 10.8. The molecule has 2 N–H and O–H groups in total. The van der Waals surface area contributed by atoms with Crippen LogP contribution in [0.4, 0.5) is 0 Å². The summed E-state index contributed by atoms with van der Waals surface area (Å²) in [7, 11) is -4.92. The van der Waals surface area contributed by atoms with Gasteiger partial charge in [0.25, 0.3) is 0 Å². The molecule has 0 aliphatic rings. The first-order valence-electron chi connectivity index (χ1n) is 9.39. The number of aromatic hydroxyl groups is 1. The van der Waals surface area contributed by atoms with E-state index in [1.807, 2.05) is 18.2 Å². The largest absolute Gasteiger partial charge is 1.00 e. The summed E-state index contributed by atoms with van der Waals surface area (Å²) in [6, 6.07) is 25.7. The third-order valence-corrected chi connectivity index (χ3v) is 3.82. The van der Waals surface area contributed by atoms with Gasteiger partial charge in [0.15, 0.2) is 0 Å². The molecule has 0 saturated heterocycles. The fourth-order valence-corrected chi connectivity index (χ4v) is 2.41. The summed E-state index contributed by atoms with van der Waals surface area (Å²) in [5, 5.41) is 10.3. The Bertz CT molecular complexity index is 1270. The molecule has 4 aromatic rings. The van der Waals surface area contributed by atoms with E-state index in [2.05, 4.69) is 14.8 Å². The number of aromatic nitrogens is 1. The van der Waals surface area contributed by atoms with E-state index in [-0.39, 0.29) is 57.1 Å². The third kappa shape index (κ3) is 12.0. The summed E-state index contributed by atoms with van der Waals surface area (Å²) in [5.74, 6) is -1.18. The van der Waals surface area contributed by atoms with Crippen LogP contribution in [0.3, 0.4) is 0 Å². The van der Waals surface area contributed by atoms with Crippen molar-refractivity contribution >= 4 is 33.2 Å². The Labute approximate surface area is 243 Å². The number of benzene rings is 3. The van der Waals surface area contributed by atoms with Crippen LogP contribution in [0.2, 0.25) is 0 Å². The van der Waals surface area contributed by atoms with Gasteiger partial charge in [-0.1, -0.05) is 54.6 Å². The van der Waals surface area contributed by atoms with Crippen LogP contribution in [-0.2, 0) is 20.2 Å². The monoisotopic (exact) mass is 523 g/mol. The molecule has 0 fully saturated rings. The van der Waals surface area contributed by atoms with Crippen LogP contribution >= 0.6 is 0 Å². The molecule has 0 amide bonds. The number of phenolic OH excluding ortho intramolecular Hbond substituents is 1. The summed E-state index contributed by atoms with van der Waals surface area (Å²) >= 11 is 0. The second-order valence-electron chi connectivity index (χ2n) is 6.25. The SMILES string of the molecule is O=C(OOC(=O)c1ccccc1)c1ccccc1.O=S(=O)([O-])O.Oc1cccc2cccnc12.[K+]. The quantitative estimate of drug-likeness (QED) is 0.125. The number of hydrogen-bond acceptors (Lipinski definition) is 9. The molecule has 1 heterocycles. The van der Waals surface area contributed by atoms with E-state index in [0.717, 1.165) is 5.39 Å². The topological polar surface area (TPSA) is 163 Å². The van der Waals surface area contributed by atoms with E-state index in [0.29, 0.717) is 16.6 Å². The van der Waals surface area contributed by atoms with Crippen LogP contribution in [-0.4, -0.2) is 39.6 Å². The maximum atomic E-state index is 11.5. The number of hydrogen-bond donors (Lipinski definition) is 2. The molecular weight excluding hydrogens is 505 g/mol. The molecule has 12 heteroatoms. The standard InChI is InChI=1S/C14H10O4.C9H7NO.K.H2O4S/c15-13(11-7-3-1-4-8-11)17-18-14(16)12-9-5-2-6-10-12;11-8-5-1-3-7-4-2-6-10-9(7)8;;1-5(2,3)4/h1-10H;1-6,11H;;(H2,1,2,3,4)/q;;+1;/p-1. The Morgan fingerprint density at radius 1 is 0.743 bits per heavy atom. The fraction of sp³-hybridized carbons (Fsp3) is 0. The number of phenols is 1. The summed E-state index contributed by atoms with van der Waals surface area (Å²) < 4.78 is 32.8. The number of nitrogens with zero attached hydrogens (tertiary/aromatic N) is 1. The molecule has 0 aliphatic carbocycles. The van der Waals surface area contributed by atoms with E-state index in [4.69, 9.17) is 17.5 Å². The van der Waals surface area contributed by atoms with Gasteiger partial charge in [-0.15, -0.1) is 0 Å². The van der Waals surface area contributed by atoms with Gasteiger partial charge in [-0.2, -0.15) is 0 Å². The van der Waals surface area contributed by atoms with E-state index in [1.165, 1.54) is 0 Å². The molecule has 0 saturated carbocycles. The Morgan fingerprint density at radius 3 is 1.60 bits per heavy atom. The molecule has 0 atom stereocenters. The zero-order valence-corrected chi connectivity index (χ0v) is 22.3. The third-order valence-electron chi connectivity index (χ3n) is 3.82. The van der Waals surface area contributed by atoms with Crippen LogP contribution in [0.5, 0.6) is 5.75 Å². The van der Waals surface area contributed by atoms with E-state index < -0.39 is 22.3 Å². The zero-order chi connectivity index (χ0) is 25.0. The number of carbonyl (C=O) groups is 2. The summed E-state index contributed by atoms with van der Waals surface area (Å²) in [5.41, 5.74) is 1.30. The van der Waals surface area contributed by atoms with Crippen LogP contribution in [0.15, 0.2) is 97.2 Å². The number of pyridine rings is 1. The van der Waals surface area contributed by atoms with Gasteiger partial charge < -0.3 is 9.66 Å². The average molecular weight is 524 g/mol. The van der Waals surface area contributed by atoms with Crippen molar-refractivity contribution in [1.29, 1.82) is 0 Å². The van der Waals surface area contributed by atoms with Gasteiger partial charge in [0, 0.05) is 11.6 Å². The van der Waals surface area contributed by atoms with Gasteiger partial charge in [0.05, 0.1) is 11.1 Å². The molecule has 0 unspecified atom stereocenters. The smallest absolute Gasteiger partial charge is 0.726 e. The maximum Gasteiger partial charge on any atom is 1.00 e. The predicted octanol–water partition coefficient (Wildman–Crippen LogP) is 0.564. The summed E-state index contributed by atoms with van der Waals surface area (Å²) in [4.78, 5) is 35.9. The Morgan fingerprint density at radius 2 is 1.17 bits per heavy atom. The second-order valence-corrected chi connectivity index (χ2v) is 7.11. The van der Waals surface area contributed by atoms with Crippen molar-refractivity contribution in [3.05, 3.63) is 108 Å². The number of rotatable bonds is 2. The Kier molecular flexibility index (Phi) is 13.3. The fourth-order valence-electron chi connectivity index (χ4n) is 2.41. The van der Waals surface area contributed by atoms with Crippen molar-refractivity contribution < 1.29 is 93.4 Å². The van der Waals surface area contributed by atoms with Crippen molar-refractivity contribution in [2.24, 2.45) is 0 Å². The molecule has 3 aromatic carbocycles. The molecule has 4 rings (SSSR count). The van der Waals surface area contributed by atoms with Gasteiger partial charge in [-0.25, -0.2) is 27.8 Å². The summed E-state index contributed by atoms with van der Waals surface area (Å²) in [6.07, 6.45) is 1.67. The van der Waals surface area contributed by atoms with Crippen molar-refractivity contribution in [2.75, 3.05) is 0 Å². The number of para-hydroxylation sites is 1. The zero-order valence-electron chi connectivity index (χ0n) is 18.3. The van der Waals surface area contributed by atoms with Crippen LogP contribution in [0, 0.1) is 0 Å².